The molecule has 33 heavy (non-hydrogen) atoms. The summed E-state index contributed by atoms with van der Waals surface area (Å²) >= 11 is 0. The molecule has 0 bridgehead atoms. The molecule has 0 aromatic heterocycles. The zero-order valence-corrected chi connectivity index (χ0v) is 18.4. The summed E-state index contributed by atoms with van der Waals surface area (Å²) < 4.78 is 44.6. The van der Waals surface area contributed by atoms with Gasteiger partial charge < -0.3 is 9.84 Å². The van der Waals surface area contributed by atoms with E-state index in [2.05, 4.69) is 0 Å². The number of hydrogen-bond donors (Lipinski definition) is 1. The minimum Gasteiger partial charge on any atom is -0.508 e. The van der Waals surface area contributed by atoms with Crippen molar-refractivity contribution in [2.75, 3.05) is 0 Å². The topological polar surface area (TPSA) is 46.5 Å². The van der Waals surface area contributed by atoms with Gasteiger partial charge in [-0.15, -0.1) is 0 Å². The maximum absolute atomic E-state index is 13.3. The van der Waals surface area contributed by atoms with Crippen LogP contribution in [-0.4, -0.2) is 23.4 Å². The molecule has 1 atom stereocenters. The van der Waals surface area contributed by atoms with Gasteiger partial charge in [-0.2, -0.15) is 13.2 Å². The lowest BCUT2D eigenvalue weighted by atomic mass is 9.99. The Labute approximate surface area is 191 Å². The summed E-state index contributed by atoms with van der Waals surface area (Å²) in [4.78, 5) is 12.3. The third-order valence-corrected chi connectivity index (χ3v) is 5.47. The van der Waals surface area contributed by atoms with Crippen LogP contribution < -0.4 is 0 Å². The lowest BCUT2D eigenvalue weighted by Gasteiger charge is -2.20. The van der Waals surface area contributed by atoms with Crippen molar-refractivity contribution < 1.29 is 27.8 Å². The monoisotopic (exact) mass is 456 g/mol. The fraction of sp³-hybridized carbons (Fsp3) is 0.296. The first-order valence-corrected chi connectivity index (χ1v) is 11.1. The number of aromatic hydroxyl groups is 1. The van der Waals surface area contributed by atoms with Gasteiger partial charge in [-0.25, -0.2) is 4.79 Å². The second kappa shape index (κ2) is 11.0. The van der Waals surface area contributed by atoms with Gasteiger partial charge in [0.2, 0.25) is 0 Å². The Hall–Kier alpha value is -3.28. The van der Waals surface area contributed by atoms with Gasteiger partial charge in [0.05, 0.1) is 5.56 Å². The number of benzene rings is 3. The molecule has 0 fully saturated rings. The van der Waals surface area contributed by atoms with Crippen molar-refractivity contribution in [2.45, 2.75) is 51.3 Å². The molecule has 1 N–H and O–H groups in total. The number of esters is 1. The third-order valence-electron chi connectivity index (χ3n) is 5.47. The predicted molar refractivity (Wildman–Crippen MR) is 123 cm³/mol. The van der Waals surface area contributed by atoms with Gasteiger partial charge in [-0.3, -0.25) is 0 Å². The molecule has 174 valence electrons. The lowest BCUT2D eigenvalue weighted by molar-refractivity contribution is -0.206. The summed E-state index contributed by atoms with van der Waals surface area (Å²) in [6.07, 6.45) is -4.07. The van der Waals surface area contributed by atoms with E-state index < -0.39 is 18.2 Å². The molecule has 3 aromatic rings. The van der Waals surface area contributed by atoms with E-state index in [0.29, 0.717) is 12.8 Å². The van der Waals surface area contributed by atoms with E-state index in [1.54, 1.807) is 24.3 Å². The van der Waals surface area contributed by atoms with E-state index in [4.69, 9.17) is 4.74 Å². The summed E-state index contributed by atoms with van der Waals surface area (Å²) in [6.45, 7) is 1.98. The molecule has 0 radical (unpaired) electrons. The Balaban J connectivity index is 1.66. The van der Waals surface area contributed by atoms with Gasteiger partial charge in [-0.1, -0.05) is 74.7 Å². The van der Waals surface area contributed by atoms with Crippen molar-refractivity contribution in [2.24, 2.45) is 0 Å². The molecule has 3 rings (SSSR count). The molecule has 0 aliphatic heterocycles. The fourth-order valence-corrected chi connectivity index (χ4v) is 3.55. The Morgan fingerprint density at radius 3 is 1.70 bits per heavy atom. The molecule has 0 saturated carbocycles. The Morgan fingerprint density at radius 2 is 1.24 bits per heavy atom. The van der Waals surface area contributed by atoms with Gasteiger partial charge in [0.15, 0.2) is 6.10 Å². The molecular weight excluding hydrogens is 429 g/mol. The maximum Gasteiger partial charge on any atom is 0.425 e. The SMILES string of the molecule is CCCCCCC(OC(=O)c1ccc(-c2ccc(-c3ccc(O)cc3)cc2)cc1)C(F)(F)F. The molecule has 0 saturated heterocycles. The van der Waals surface area contributed by atoms with Crippen molar-refractivity contribution in [1.29, 1.82) is 0 Å². The van der Waals surface area contributed by atoms with Crippen molar-refractivity contribution in [1.82, 2.24) is 0 Å². The lowest BCUT2D eigenvalue weighted by Crippen LogP contribution is -2.33. The van der Waals surface area contributed by atoms with Crippen LogP contribution >= 0.6 is 0 Å². The van der Waals surface area contributed by atoms with Crippen molar-refractivity contribution in [3.8, 4) is 28.0 Å². The van der Waals surface area contributed by atoms with Gasteiger partial charge in [0.25, 0.3) is 0 Å². The molecule has 0 heterocycles. The molecule has 1 unspecified atom stereocenters. The number of phenolic OH excluding ortho intramolecular Hbond substituents is 1. The fourth-order valence-electron chi connectivity index (χ4n) is 3.55. The standard InChI is InChI=1S/C27H27F3O3/c1-2-3-4-5-6-25(27(28,29)30)33-26(32)23-13-11-21(12-14-23)19-7-9-20(10-8-19)22-15-17-24(31)18-16-22/h7-18,25,31H,2-6H2,1H3. The number of carbonyl (C=O) groups is 1. The summed E-state index contributed by atoms with van der Waals surface area (Å²) in [5.41, 5.74) is 3.77. The summed E-state index contributed by atoms with van der Waals surface area (Å²) in [5.74, 6) is -0.769. The van der Waals surface area contributed by atoms with Gasteiger partial charge in [0.1, 0.15) is 5.75 Å². The van der Waals surface area contributed by atoms with Gasteiger partial charge >= 0.3 is 12.1 Å². The van der Waals surface area contributed by atoms with Crippen LogP contribution in [0.15, 0.2) is 72.8 Å². The smallest absolute Gasteiger partial charge is 0.425 e. The minimum atomic E-state index is -4.58. The first kappa shape index (κ1) is 24.4. The number of rotatable bonds is 9. The van der Waals surface area contributed by atoms with E-state index in [1.807, 2.05) is 43.3 Å². The predicted octanol–water partition coefficient (Wildman–Crippen LogP) is 7.78. The number of carbonyl (C=O) groups excluding carboxylic acids is 1. The number of ether oxygens (including phenoxy) is 1. The number of hydrogen-bond acceptors (Lipinski definition) is 3. The van der Waals surface area contributed by atoms with E-state index in [-0.39, 0.29) is 17.7 Å². The Morgan fingerprint density at radius 1 is 0.788 bits per heavy atom. The minimum absolute atomic E-state index is 0.0854. The van der Waals surface area contributed by atoms with Gasteiger partial charge in [-0.05, 0) is 59.4 Å². The largest absolute Gasteiger partial charge is 0.508 e. The van der Waals surface area contributed by atoms with Crippen LogP contribution in [0.4, 0.5) is 13.2 Å². The van der Waals surface area contributed by atoms with Crippen LogP contribution in [0.2, 0.25) is 0 Å². The van der Waals surface area contributed by atoms with Crippen LogP contribution in [-0.2, 0) is 4.74 Å². The third kappa shape index (κ3) is 6.85. The first-order valence-electron chi connectivity index (χ1n) is 11.1. The Kier molecular flexibility index (Phi) is 8.15. The highest BCUT2D eigenvalue weighted by Crippen LogP contribution is 2.29. The molecule has 0 amide bonds. The number of phenols is 1. The number of halogens is 3. The van der Waals surface area contributed by atoms with Crippen molar-refractivity contribution >= 4 is 5.97 Å². The summed E-state index contributed by atoms with van der Waals surface area (Å²) in [6, 6.07) is 21.0. The second-order valence-electron chi connectivity index (χ2n) is 7.99. The first-order chi connectivity index (χ1) is 15.8. The van der Waals surface area contributed by atoms with Crippen molar-refractivity contribution in [3.63, 3.8) is 0 Å². The van der Waals surface area contributed by atoms with Crippen LogP contribution in [0.5, 0.6) is 5.75 Å². The van der Waals surface area contributed by atoms with Crippen LogP contribution in [0, 0.1) is 0 Å². The molecule has 0 aliphatic carbocycles. The van der Waals surface area contributed by atoms with Crippen LogP contribution in [0.25, 0.3) is 22.3 Å². The molecule has 3 nitrogen and oxygen atoms in total. The quantitative estimate of drug-likeness (QED) is 0.264. The van der Waals surface area contributed by atoms with Crippen LogP contribution in [0.3, 0.4) is 0 Å². The molecule has 0 aliphatic rings. The molecule has 0 spiro atoms. The highest BCUT2D eigenvalue weighted by Gasteiger charge is 2.42. The van der Waals surface area contributed by atoms with E-state index in [1.165, 1.54) is 12.1 Å². The van der Waals surface area contributed by atoms with Crippen molar-refractivity contribution in [3.05, 3.63) is 78.4 Å². The van der Waals surface area contributed by atoms with Gasteiger partial charge in [0, 0.05) is 0 Å². The Bertz CT molecular complexity index is 1020. The maximum atomic E-state index is 13.3. The zero-order valence-electron chi connectivity index (χ0n) is 18.4. The van der Waals surface area contributed by atoms with E-state index >= 15 is 0 Å². The molecule has 3 aromatic carbocycles. The number of alkyl halides is 3. The molecule has 6 heteroatoms. The zero-order chi connectivity index (χ0) is 23.8. The number of unbranched alkanes of at least 4 members (excludes halogenated alkanes) is 3. The highest BCUT2D eigenvalue weighted by molar-refractivity contribution is 5.90. The second-order valence-corrected chi connectivity index (χ2v) is 7.99. The highest BCUT2D eigenvalue weighted by atomic mass is 19.4. The normalized spacial score (nSPS) is 12.4. The summed E-state index contributed by atoms with van der Waals surface area (Å²) in [7, 11) is 0. The average Bonchev–Trinajstić information content (AvgIpc) is 2.81. The average molecular weight is 457 g/mol. The molecular formula is C27H27F3O3. The van der Waals surface area contributed by atoms with E-state index in [0.717, 1.165) is 35.1 Å². The van der Waals surface area contributed by atoms with E-state index in [9.17, 15) is 23.1 Å². The van der Waals surface area contributed by atoms with Crippen LogP contribution in [0.1, 0.15) is 49.4 Å². The summed E-state index contributed by atoms with van der Waals surface area (Å²) in [5, 5.41) is 9.41.